The number of nitrogens with zero attached hydrogens (tertiary/aromatic N) is 3. The molecule has 1 aromatic heterocycles. The lowest BCUT2D eigenvalue weighted by Gasteiger charge is -2.12. The highest BCUT2D eigenvalue weighted by Crippen LogP contribution is 2.30. The van der Waals surface area contributed by atoms with Crippen molar-refractivity contribution in [1.82, 2.24) is 14.8 Å². The van der Waals surface area contributed by atoms with Gasteiger partial charge >= 0.3 is 0 Å². The zero-order valence-electron chi connectivity index (χ0n) is 20.9. The number of amides is 1. The van der Waals surface area contributed by atoms with Crippen LogP contribution in [0.3, 0.4) is 0 Å². The molecule has 4 rings (SSSR count). The molecule has 1 unspecified atom stereocenters. The SMILES string of the molecule is CCC(C)c1ccc(NC(=O)CSc2nnc(-c3ccc(OC)cc3)n2-c2ccc(OC)cc2)cc1. The minimum atomic E-state index is -0.105. The van der Waals surface area contributed by atoms with Crippen molar-refractivity contribution >= 4 is 23.4 Å². The maximum atomic E-state index is 12.7. The van der Waals surface area contributed by atoms with Crippen LogP contribution in [0.25, 0.3) is 17.1 Å². The van der Waals surface area contributed by atoms with Gasteiger partial charge in [-0.1, -0.05) is 37.7 Å². The van der Waals surface area contributed by atoms with E-state index in [4.69, 9.17) is 9.47 Å². The number of ether oxygens (including phenoxy) is 2. The number of hydrogen-bond acceptors (Lipinski definition) is 6. The molecule has 0 aliphatic heterocycles. The minimum Gasteiger partial charge on any atom is -0.497 e. The first kappa shape index (κ1) is 25.3. The largest absolute Gasteiger partial charge is 0.497 e. The van der Waals surface area contributed by atoms with E-state index in [0.717, 1.165) is 34.9 Å². The van der Waals surface area contributed by atoms with Crippen LogP contribution in [0.15, 0.2) is 78.0 Å². The number of anilines is 1. The Morgan fingerprint density at radius 1 is 0.917 bits per heavy atom. The van der Waals surface area contributed by atoms with Crippen LogP contribution in [0.5, 0.6) is 11.5 Å². The lowest BCUT2D eigenvalue weighted by molar-refractivity contribution is -0.113. The molecule has 1 heterocycles. The average Bonchev–Trinajstić information content (AvgIpc) is 3.36. The molecule has 1 N–H and O–H groups in total. The van der Waals surface area contributed by atoms with Gasteiger partial charge in [0.25, 0.3) is 0 Å². The Morgan fingerprint density at radius 3 is 2.11 bits per heavy atom. The smallest absolute Gasteiger partial charge is 0.234 e. The molecule has 3 aromatic carbocycles. The molecule has 7 nitrogen and oxygen atoms in total. The van der Waals surface area contributed by atoms with Gasteiger partial charge in [-0.2, -0.15) is 0 Å². The molecular weight excluding hydrogens is 472 g/mol. The highest BCUT2D eigenvalue weighted by Gasteiger charge is 2.18. The monoisotopic (exact) mass is 502 g/mol. The standard InChI is InChI=1S/C28H30N4O3S/c1-5-19(2)20-6-10-22(11-7-20)29-26(33)18-36-28-31-30-27(21-8-14-24(34-3)15-9-21)32(28)23-12-16-25(35-4)17-13-23/h6-17,19H,5,18H2,1-4H3,(H,29,33). The lowest BCUT2D eigenvalue weighted by atomic mass is 9.99. The van der Waals surface area contributed by atoms with Gasteiger partial charge in [-0.15, -0.1) is 10.2 Å². The van der Waals surface area contributed by atoms with E-state index in [1.54, 1.807) is 14.2 Å². The summed E-state index contributed by atoms with van der Waals surface area (Å²) >= 11 is 1.34. The normalized spacial score (nSPS) is 11.7. The number of methoxy groups -OCH3 is 2. The number of benzene rings is 3. The zero-order valence-corrected chi connectivity index (χ0v) is 21.7. The third kappa shape index (κ3) is 5.88. The number of aromatic nitrogens is 3. The lowest BCUT2D eigenvalue weighted by Crippen LogP contribution is -2.14. The molecule has 0 radical (unpaired) electrons. The number of carbonyl (C=O) groups excluding carboxylic acids is 1. The molecule has 36 heavy (non-hydrogen) atoms. The van der Waals surface area contributed by atoms with E-state index in [-0.39, 0.29) is 11.7 Å². The third-order valence-corrected chi connectivity index (χ3v) is 6.95. The summed E-state index contributed by atoms with van der Waals surface area (Å²) in [4.78, 5) is 12.7. The molecule has 0 spiro atoms. The molecule has 0 aliphatic carbocycles. The van der Waals surface area contributed by atoms with Gasteiger partial charge < -0.3 is 14.8 Å². The molecule has 0 fully saturated rings. The molecule has 4 aromatic rings. The highest BCUT2D eigenvalue weighted by atomic mass is 32.2. The highest BCUT2D eigenvalue weighted by molar-refractivity contribution is 7.99. The summed E-state index contributed by atoms with van der Waals surface area (Å²) in [5.41, 5.74) is 3.80. The van der Waals surface area contributed by atoms with E-state index in [1.807, 2.05) is 65.2 Å². The Kier molecular flexibility index (Phi) is 8.28. The zero-order chi connectivity index (χ0) is 25.5. The second-order valence-corrected chi connectivity index (χ2v) is 9.28. The van der Waals surface area contributed by atoms with Gasteiger partial charge in [0.05, 0.1) is 20.0 Å². The van der Waals surface area contributed by atoms with Gasteiger partial charge in [-0.05, 0) is 78.6 Å². The predicted molar refractivity (Wildman–Crippen MR) is 144 cm³/mol. The summed E-state index contributed by atoms with van der Waals surface area (Å²) in [6.45, 7) is 4.37. The van der Waals surface area contributed by atoms with Crippen molar-refractivity contribution in [3.8, 4) is 28.6 Å². The number of nitrogens with one attached hydrogen (secondary N) is 1. The summed E-state index contributed by atoms with van der Waals surface area (Å²) in [6.07, 6.45) is 1.08. The predicted octanol–water partition coefficient (Wildman–Crippen LogP) is 6.20. The fourth-order valence-electron chi connectivity index (χ4n) is 3.71. The van der Waals surface area contributed by atoms with Crippen LogP contribution < -0.4 is 14.8 Å². The van der Waals surface area contributed by atoms with Gasteiger partial charge in [0, 0.05) is 16.9 Å². The molecule has 1 amide bonds. The Morgan fingerprint density at radius 2 is 1.53 bits per heavy atom. The summed E-state index contributed by atoms with van der Waals surface area (Å²) < 4.78 is 12.5. The van der Waals surface area contributed by atoms with Gasteiger partial charge in [0.15, 0.2) is 11.0 Å². The van der Waals surface area contributed by atoms with Crippen LogP contribution in [0.4, 0.5) is 5.69 Å². The minimum absolute atomic E-state index is 0.105. The Labute approximate surface area is 215 Å². The van der Waals surface area contributed by atoms with Crippen molar-refractivity contribution < 1.29 is 14.3 Å². The van der Waals surface area contributed by atoms with Crippen molar-refractivity contribution in [2.24, 2.45) is 0 Å². The summed E-state index contributed by atoms with van der Waals surface area (Å²) in [5, 5.41) is 12.4. The molecule has 8 heteroatoms. The van der Waals surface area contributed by atoms with Crippen LogP contribution in [-0.2, 0) is 4.79 Å². The Balaban J connectivity index is 1.54. The van der Waals surface area contributed by atoms with Crippen LogP contribution in [-0.4, -0.2) is 40.6 Å². The van der Waals surface area contributed by atoms with E-state index in [9.17, 15) is 4.79 Å². The molecule has 186 valence electrons. The van der Waals surface area contributed by atoms with Crippen molar-refractivity contribution in [1.29, 1.82) is 0 Å². The molecule has 1 atom stereocenters. The van der Waals surface area contributed by atoms with Crippen molar-refractivity contribution in [2.45, 2.75) is 31.3 Å². The first-order valence-corrected chi connectivity index (χ1v) is 12.8. The van der Waals surface area contributed by atoms with Crippen LogP contribution in [0.2, 0.25) is 0 Å². The molecular formula is C28H30N4O3S. The summed E-state index contributed by atoms with van der Waals surface area (Å²) in [6, 6.07) is 23.3. The maximum absolute atomic E-state index is 12.7. The van der Waals surface area contributed by atoms with E-state index in [1.165, 1.54) is 17.3 Å². The Hall–Kier alpha value is -3.78. The second kappa shape index (κ2) is 11.8. The topological polar surface area (TPSA) is 78.3 Å². The van der Waals surface area contributed by atoms with Gasteiger partial charge in [-0.3, -0.25) is 9.36 Å². The molecule has 0 saturated heterocycles. The van der Waals surface area contributed by atoms with E-state index in [0.29, 0.717) is 16.9 Å². The number of hydrogen-bond donors (Lipinski definition) is 1. The molecule has 0 bridgehead atoms. The summed E-state index contributed by atoms with van der Waals surface area (Å²) in [5.74, 6) is 2.78. The van der Waals surface area contributed by atoms with E-state index < -0.39 is 0 Å². The first-order valence-electron chi connectivity index (χ1n) is 11.8. The second-order valence-electron chi connectivity index (χ2n) is 8.34. The van der Waals surface area contributed by atoms with Crippen molar-refractivity contribution in [3.63, 3.8) is 0 Å². The third-order valence-electron chi connectivity index (χ3n) is 6.02. The molecule has 0 aliphatic rings. The van der Waals surface area contributed by atoms with Crippen LogP contribution in [0.1, 0.15) is 31.7 Å². The average molecular weight is 503 g/mol. The summed E-state index contributed by atoms with van der Waals surface area (Å²) in [7, 11) is 3.27. The van der Waals surface area contributed by atoms with E-state index in [2.05, 4.69) is 41.5 Å². The fraction of sp³-hybridized carbons (Fsp3) is 0.250. The van der Waals surface area contributed by atoms with Crippen molar-refractivity contribution in [3.05, 3.63) is 78.4 Å². The number of thioether (sulfide) groups is 1. The van der Waals surface area contributed by atoms with Crippen molar-refractivity contribution in [2.75, 3.05) is 25.3 Å². The number of carbonyl (C=O) groups is 1. The van der Waals surface area contributed by atoms with Gasteiger partial charge in [-0.25, -0.2) is 0 Å². The van der Waals surface area contributed by atoms with Crippen LogP contribution >= 0.6 is 11.8 Å². The maximum Gasteiger partial charge on any atom is 0.234 e. The van der Waals surface area contributed by atoms with Gasteiger partial charge in [0.1, 0.15) is 11.5 Å². The Bertz CT molecular complexity index is 1290. The van der Waals surface area contributed by atoms with Crippen LogP contribution in [0, 0.1) is 0 Å². The van der Waals surface area contributed by atoms with Gasteiger partial charge in [0.2, 0.25) is 5.91 Å². The van der Waals surface area contributed by atoms with E-state index >= 15 is 0 Å². The first-order chi connectivity index (χ1) is 17.5. The quantitative estimate of drug-likeness (QED) is 0.260. The molecule has 0 saturated carbocycles. The fourth-order valence-corrected chi connectivity index (χ4v) is 4.46. The number of rotatable bonds is 10.